The summed E-state index contributed by atoms with van der Waals surface area (Å²) in [7, 11) is 1.96. The molecule has 5 nitrogen and oxygen atoms in total. The Balaban J connectivity index is 2.60. The van der Waals surface area contributed by atoms with Crippen LogP contribution in [0.5, 0.6) is 0 Å². The van der Waals surface area contributed by atoms with Crippen molar-refractivity contribution in [3.8, 4) is 0 Å². The number of hydrogen-bond donors (Lipinski definition) is 1. The Morgan fingerprint density at radius 1 is 1.33 bits per heavy atom. The average Bonchev–Trinajstić information content (AvgIpc) is 2.76. The number of rotatable bonds is 8. The first kappa shape index (κ1) is 15.0. The van der Waals surface area contributed by atoms with Gasteiger partial charge in [-0.1, -0.05) is 20.8 Å². The van der Waals surface area contributed by atoms with Crippen molar-refractivity contribution in [3.63, 3.8) is 0 Å². The molecule has 1 heterocycles. The van der Waals surface area contributed by atoms with E-state index >= 15 is 0 Å². The summed E-state index contributed by atoms with van der Waals surface area (Å²) in [5, 5.41) is 7.46. The van der Waals surface area contributed by atoms with Crippen molar-refractivity contribution in [2.24, 2.45) is 5.92 Å². The van der Waals surface area contributed by atoms with Crippen LogP contribution in [-0.2, 0) is 6.42 Å². The second-order valence-corrected chi connectivity index (χ2v) is 5.09. The van der Waals surface area contributed by atoms with Gasteiger partial charge in [-0.15, -0.1) is 0 Å². The molecule has 0 spiro atoms. The van der Waals surface area contributed by atoms with Crippen molar-refractivity contribution in [1.82, 2.24) is 15.5 Å². The lowest BCUT2D eigenvalue weighted by atomic mass is 10.0. The van der Waals surface area contributed by atoms with Crippen LogP contribution in [0.3, 0.4) is 0 Å². The normalized spacial score (nSPS) is 13.0. The van der Waals surface area contributed by atoms with Gasteiger partial charge in [0.25, 0.3) is 5.95 Å². The molecule has 1 atom stereocenters. The van der Waals surface area contributed by atoms with Gasteiger partial charge >= 0.3 is 0 Å². The Hall–Kier alpha value is -1.10. The second-order valence-electron chi connectivity index (χ2n) is 5.09. The van der Waals surface area contributed by atoms with Crippen molar-refractivity contribution in [3.05, 3.63) is 5.89 Å². The predicted molar refractivity (Wildman–Crippen MR) is 73.9 cm³/mol. The van der Waals surface area contributed by atoms with E-state index in [4.69, 9.17) is 4.52 Å². The fourth-order valence-electron chi connectivity index (χ4n) is 1.93. The minimum Gasteiger partial charge on any atom is -0.342 e. The molecule has 0 aliphatic heterocycles. The zero-order valence-electron chi connectivity index (χ0n) is 12.2. The standard InChI is InChI=1S/C13H26N4O/c1-6-14-11(8-10(3)4)9-12-15-13(16-18-12)17(5)7-2/h10-11,14H,6-9H2,1-5H3. The van der Waals surface area contributed by atoms with E-state index in [9.17, 15) is 0 Å². The summed E-state index contributed by atoms with van der Waals surface area (Å²) in [6, 6.07) is 0.412. The molecular formula is C13H26N4O. The van der Waals surface area contributed by atoms with E-state index in [1.807, 2.05) is 11.9 Å². The Kier molecular flexibility index (Phi) is 6.12. The zero-order chi connectivity index (χ0) is 13.5. The van der Waals surface area contributed by atoms with Gasteiger partial charge in [0.05, 0.1) is 0 Å². The third-order valence-corrected chi connectivity index (χ3v) is 2.94. The zero-order valence-corrected chi connectivity index (χ0v) is 12.2. The van der Waals surface area contributed by atoms with Gasteiger partial charge in [0.15, 0.2) is 0 Å². The van der Waals surface area contributed by atoms with Gasteiger partial charge in [0.1, 0.15) is 0 Å². The highest BCUT2D eigenvalue weighted by molar-refractivity contribution is 5.25. The van der Waals surface area contributed by atoms with Crippen LogP contribution in [0.4, 0.5) is 5.95 Å². The maximum absolute atomic E-state index is 5.30. The molecule has 0 radical (unpaired) electrons. The summed E-state index contributed by atoms with van der Waals surface area (Å²) in [5.41, 5.74) is 0. The number of nitrogens with zero attached hydrogens (tertiary/aromatic N) is 3. The number of likely N-dealkylation sites (N-methyl/N-ethyl adjacent to an activating group) is 1. The number of aromatic nitrogens is 2. The molecule has 1 rings (SSSR count). The summed E-state index contributed by atoms with van der Waals surface area (Å²) < 4.78 is 5.30. The van der Waals surface area contributed by atoms with Crippen molar-refractivity contribution < 1.29 is 4.52 Å². The Morgan fingerprint density at radius 3 is 2.61 bits per heavy atom. The molecule has 5 heteroatoms. The third kappa shape index (κ3) is 4.64. The topological polar surface area (TPSA) is 54.2 Å². The first-order valence-corrected chi connectivity index (χ1v) is 6.83. The lowest BCUT2D eigenvalue weighted by Gasteiger charge is -2.17. The Morgan fingerprint density at radius 2 is 2.06 bits per heavy atom. The fourth-order valence-corrected chi connectivity index (χ4v) is 1.93. The highest BCUT2D eigenvalue weighted by atomic mass is 16.5. The fraction of sp³-hybridized carbons (Fsp3) is 0.846. The Labute approximate surface area is 110 Å². The van der Waals surface area contributed by atoms with Crippen LogP contribution < -0.4 is 10.2 Å². The molecule has 18 heavy (non-hydrogen) atoms. The van der Waals surface area contributed by atoms with Crippen LogP contribution in [0.25, 0.3) is 0 Å². The van der Waals surface area contributed by atoms with Crippen molar-refractivity contribution in [1.29, 1.82) is 0 Å². The van der Waals surface area contributed by atoms with E-state index in [1.54, 1.807) is 0 Å². The summed E-state index contributed by atoms with van der Waals surface area (Å²) >= 11 is 0. The molecular weight excluding hydrogens is 228 g/mol. The van der Waals surface area contributed by atoms with E-state index in [2.05, 4.69) is 43.2 Å². The molecule has 1 aromatic rings. The van der Waals surface area contributed by atoms with Crippen LogP contribution in [0.15, 0.2) is 4.52 Å². The van der Waals surface area contributed by atoms with Crippen molar-refractivity contribution in [2.75, 3.05) is 25.0 Å². The average molecular weight is 254 g/mol. The molecule has 0 saturated carbocycles. The van der Waals surface area contributed by atoms with Gasteiger partial charge in [0, 0.05) is 26.1 Å². The van der Waals surface area contributed by atoms with Gasteiger partial charge < -0.3 is 14.7 Å². The summed E-state index contributed by atoms with van der Waals surface area (Å²) in [6.07, 6.45) is 1.92. The number of hydrogen-bond acceptors (Lipinski definition) is 5. The molecule has 0 aromatic carbocycles. The quantitative estimate of drug-likeness (QED) is 0.770. The van der Waals surface area contributed by atoms with E-state index in [0.29, 0.717) is 17.9 Å². The highest BCUT2D eigenvalue weighted by Crippen LogP contribution is 2.12. The highest BCUT2D eigenvalue weighted by Gasteiger charge is 2.16. The molecule has 0 fully saturated rings. The van der Waals surface area contributed by atoms with Gasteiger partial charge in [-0.25, -0.2) is 0 Å². The molecule has 0 amide bonds. The van der Waals surface area contributed by atoms with Crippen LogP contribution >= 0.6 is 0 Å². The summed E-state index contributed by atoms with van der Waals surface area (Å²) in [5.74, 6) is 2.05. The molecule has 0 saturated heterocycles. The first-order chi connectivity index (χ1) is 8.56. The molecule has 1 unspecified atom stereocenters. The molecule has 1 N–H and O–H groups in total. The predicted octanol–water partition coefficient (Wildman–Crippen LogP) is 2.09. The van der Waals surface area contributed by atoms with E-state index < -0.39 is 0 Å². The lowest BCUT2D eigenvalue weighted by Crippen LogP contribution is -2.32. The molecule has 1 aromatic heterocycles. The van der Waals surface area contributed by atoms with Gasteiger partial charge in [-0.3, -0.25) is 0 Å². The van der Waals surface area contributed by atoms with Crippen LogP contribution in [0.1, 0.15) is 40.0 Å². The van der Waals surface area contributed by atoms with Crippen molar-refractivity contribution in [2.45, 2.75) is 46.6 Å². The monoisotopic (exact) mass is 254 g/mol. The van der Waals surface area contributed by atoms with E-state index in [0.717, 1.165) is 31.8 Å². The van der Waals surface area contributed by atoms with Gasteiger partial charge in [-0.2, -0.15) is 4.98 Å². The third-order valence-electron chi connectivity index (χ3n) is 2.94. The molecule has 104 valence electrons. The minimum absolute atomic E-state index is 0.412. The largest absolute Gasteiger partial charge is 0.342 e. The summed E-state index contributed by atoms with van der Waals surface area (Å²) in [4.78, 5) is 6.39. The van der Waals surface area contributed by atoms with Gasteiger partial charge in [-0.05, 0) is 31.0 Å². The van der Waals surface area contributed by atoms with Crippen LogP contribution in [0, 0.1) is 5.92 Å². The maximum atomic E-state index is 5.30. The number of anilines is 1. The molecule has 0 bridgehead atoms. The molecule has 0 aliphatic carbocycles. The second kappa shape index (κ2) is 7.36. The van der Waals surface area contributed by atoms with E-state index in [-0.39, 0.29) is 0 Å². The summed E-state index contributed by atoms with van der Waals surface area (Å²) in [6.45, 7) is 10.5. The molecule has 0 aliphatic rings. The maximum Gasteiger partial charge on any atom is 0.265 e. The Bertz CT molecular complexity index is 337. The smallest absolute Gasteiger partial charge is 0.265 e. The van der Waals surface area contributed by atoms with Crippen LogP contribution in [0.2, 0.25) is 0 Å². The number of nitrogens with one attached hydrogen (secondary N) is 1. The first-order valence-electron chi connectivity index (χ1n) is 6.83. The van der Waals surface area contributed by atoms with E-state index in [1.165, 1.54) is 0 Å². The SMILES string of the molecule is CCNC(Cc1nc(N(C)CC)no1)CC(C)C. The van der Waals surface area contributed by atoms with Crippen molar-refractivity contribution >= 4 is 5.95 Å². The lowest BCUT2D eigenvalue weighted by molar-refractivity contribution is 0.340. The van der Waals surface area contributed by atoms with Gasteiger partial charge in [0.2, 0.25) is 5.89 Å². The van der Waals surface area contributed by atoms with Crippen LogP contribution in [-0.4, -0.2) is 36.3 Å². The minimum atomic E-state index is 0.412.